The van der Waals surface area contributed by atoms with Crippen molar-refractivity contribution in [1.29, 1.82) is 5.26 Å². The molecule has 2 rings (SSSR count). The molecule has 0 radical (unpaired) electrons. The minimum atomic E-state index is 0.129. The Balaban J connectivity index is 1.82. The van der Waals surface area contributed by atoms with Gasteiger partial charge < -0.3 is 9.84 Å². The summed E-state index contributed by atoms with van der Waals surface area (Å²) in [6.07, 6.45) is 0. The number of aliphatic hydroxyl groups is 1. The van der Waals surface area contributed by atoms with E-state index in [4.69, 9.17) is 10.00 Å². The van der Waals surface area contributed by atoms with E-state index in [1.165, 1.54) is 5.56 Å². The first-order chi connectivity index (χ1) is 10.8. The van der Waals surface area contributed by atoms with E-state index in [1.807, 2.05) is 18.2 Å². The van der Waals surface area contributed by atoms with Gasteiger partial charge in [0.2, 0.25) is 0 Å². The molecule has 0 saturated heterocycles. The molecule has 2 aromatic rings. The Bertz CT molecular complexity index is 591. The molecule has 0 bridgehead atoms. The monoisotopic (exact) mass is 296 g/mol. The van der Waals surface area contributed by atoms with Gasteiger partial charge in [0.05, 0.1) is 18.2 Å². The third kappa shape index (κ3) is 5.21. The molecule has 0 amide bonds. The Labute approximate surface area is 131 Å². The predicted octanol–water partition coefficient (Wildman–Crippen LogP) is 2.43. The van der Waals surface area contributed by atoms with Crippen molar-refractivity contribution in [2.45, 2.75) is 6.54 Å². The second-order valence-electron chi connectivity index (χ2n) is 4.97. The lowest BCUT2D eigenvalue weighted by Gasteiger charge is -2.21. The van der Waals surface area contributed by atoms with Gasteiger partial charge in [-0.1, -0.05) is 30.3 Å². The van der Waals surface area contributed by atoms with E-state index in [0.717, 1.165) is 18.8 Å². The van der Waals surface area contributed by atoms with Gasteiger partial charge >= 0.3 is 0 Å². The minimum absolute atomic E-state index is 0.129. The highest BCUT2D eigenvalue weighted by Crippen LogP contribution is 2.11. The van der Waals surface area contributed by atoms with Crippen molar-refractivity contribution >= 4 is 0 Å². The van der Waals surface area contributed by atoms with Gasteiger partial charge in [-0.3, -0.25) is 4.90 Å². The topological polar surface area (TPSA) is 56.5 Å². The molecule has 4 nitrogen and oxygen atoms in total. The number of aliphatic hydroxyl groups excluding tert-OH is 1. The van der Waals surface area contributed by atoms with E-state index in [-0.39, 0.29) is 6.61 Å². The maximum absolute atomic E-state index is 9.18. The zero-order valence-electron chi connectivity index (χ0n) is 12.5. The minimum Gasteiger partial charge on any atom is -0.492 e. The lowest BCUT2D eigenvalue weighted by molar-refractivity contribution is 0.163. The first-order valence-corrected chi connectivity index (χ1v) is 7.32. The molecule has 0 aliphatic heterocycles. The summed E-state index contributed by atoms with van der Waals surface area (Å²) in [5, 5.41) is 17.9. The first kappa shape index (κ1) is 16.0. The maximum atomic E-state index is 9.18. The average molecular weight is 296 g/mol. The molecule has 0 aliphatic carbocycles. The van der Waals surface area contributed by atoms with Crippen LogP contribution in [0.2, 0.25) is 0 Å². The molecule has 1 N–H and O–H groups in total. The van der Waals surface area contributed by atoms with Crippen LogP contribution in [0.3, 0.4) is 0 Å². The third-order valence-electron chi connectivity index (χ3n) is 3.32. The number of nitriles is 1. The molecule has 0 unspecified atom stereocenters. The number of rotatable bonds is 8. The fourth-order valence-corrected chi connectivity index (χ4v) is 2.17. The van der Waals surface area contributed by atoms with E-state index >= 15 is 0 Å². The number of ether oxygens (including phenoxy) is 1. The zero-order valence-corrected chi connectivity index (χ0v) is 12.5. The largest absolute Gasteiger partial charge is 0.492 e. The molecule has 4 heteroatoms. The van der Waals surface area contributed by atoms with Gasteiger partial charge in [0, 0.05) is 19.6 Å². The van der Waals surface area contributed by atoms with Gasteiger partial charge in [-0.05, 0) is 29.8 Å². The van der Waals surface area contributed by atoms with E-state index in [1.54, 1.807) is 24.3 Å². The van der Waals surface area contributed by atoms with Crippen molar-refractivity contribution in [3.05, 3.63) is 65.7 Å². The van der Waals surface area contributed by atoms with E-state index < -0.39 is 0 Å². The van der Waals surface area contributed by atoms with Crippen molar-refractivity contribution in [2.24, 2.45) is 0 Å². The van der Waals surface area contributed by atoms with Crippen molar-refractivity contribution in [1.82, 2.24) is 4.90 Å². The summed E-state index contributed by atoms with van der Waals surface area (Å²) >= 11 is 0. The molecule has 0 atom stereocenters. The molecule has 2 aromatic carbocycles. The van der Waals surface area contributed by atoms with Crippen LogP contribution in [0.15, 0.2) is 54.6 Å². The number of hydrogen-bond donors (Lipinski definition) is 1. The summed E-state index contributed by atoms with van der Waals surface area (Å²) in [7, 11) is 0. The van der Waals surface area contributed by atoms with Crippen molar-refractivity contribution in [2.75, 3.05) is 26.3 Å². The van der Waals surface area contributed by atoms with Crippen LogP contribution in [0.25, 0.3) is 0 Å². The van der Waals surface area contributed by atoms with Crippen molar-refractivity contribution < 1.29 is 9.84 Å². The highest BCUT2D eigenvalue weighted by atomic mass is 16.5. The Morgan fingerprint density at radius 3 is 2.36 bits per heavy atom. The Morgan fingerprint density at radius 2 is 1.73 bits per heavy atom. The van der Waals surface area contributed by atoms with E-state index in [0.29, 0.717) is 18.7 Å². The standard InChI is InChI=1S/C18H20N2O2/c19-14-16-6-8-18(9-7-16)22-13-11-20(10-12-21)15-17-4-2-1-3-5-17/h1-9,21H,10-13,15H2. The normalized spacial score (nSPS) is 10.4. The summed E-state index contributed by atoms with van der Waals surface area (Å²) in [6.45, 7) is 2.81. The third-order valence-corrected chi connectivity index (χ3v) is 3.32. The van der Waals surface area contributed by atoms with Crippen LogP contribution in [-0.2, 0) is 6.54 Å². The van der Waals surface area contributed by atoms with Crippen LogP contribution in [-0.4, -0.2) is 36.3 Å². The second-order valence-corrected chi connectivity index (χ2v) is 4.97. The van der Waals surface area contributed by atoms with Gasteiger partial charge in [0.25, 0.3) is 0 Å². The molecule has 0 aromatic heterocycles. The maximum Gasteiger partial charge on any atom is 0.119 e. The quantitative estimate of drug-likeness (QED) is 0.813. The molecule has 0 heterocycles. The van der Waals surface area contributed by atoms with Crippen LogP contribution in [0.4, 0.5) is 0 Å². The second kappa shape index (κ2) is 8.83. The van der Waals surface area contributed by atoms with Crippen molar-refractivity contribution in [3.8, 4) is 11.8 Å². The Morgan fingerprint density at radius 1 is 1.00 bits per heavy atom. The fraction of sp³-hybridized carbons (Fsp3) is 0.278. The molecule has 0 saturated carbocycles. The lowest BCUT2D eigenvalue weighted by Crippen LogP contribution is -2.30. The summed E-state index contributed by atoms with van der Waals surface area (Å²) in [4.78, 5) is 2.15. The zero-order chi connectivity index (χ0) is 15.6. The van der Waals surface area contributed by atoms with Gasteiger partial charge in [-0.2, -0.15) is 5.26 Å². The number of benzene rings is 2. The van der Waals surface area contributed by atoms with Crippen LogP contribution < -0.4 is 4.74 Å². The highest BCUT2D eigenvalue weighted by Gasteiger charge is 2.06. The number of hydrogen-bond acceptors (Lipinski definition) is 4. The Hall–Kier alpha value is -2.35. The Kier molecular flexibility index (Phi) is 6.43. The van der Waals surface area contributed by atoms with Gasteiger partial charge in [-0.15, -0.1) is 0 Å². The smallest absolute Gasteiger partial charge is 0.119 e. The van der Waals surface area contributed by atoms with Crippen LogP contribution in [0, 0.1) is 11.3 Å². The molecule has 114 valence electrons. The predicted molar refractivity (Wildman–Crippen MR) is 85.5 cm³/mol. The summed E-state index contributed by atoms with van der Waals surface area (Å²) in [5.74, 6) is 0.752. The summed E-state index contributed by atoms with van der Waals surface area (Å²) in [5.41, 5.74) is 1.84. The summed E-state index contributed by atoms with van der Waals surface area (Å²) < 4.78 is 5.69. The SMILES string of the molecule is N#Cc1ccc(OCCN(CCO)Cc2ccccc2)cc1. The average Bonchev–Trinajstić information content (AvgIpc) is 2.56. The lowest BCUT2D eigenvalue weighted by atomic mass is 10.2. The molecule has 0 fully saturated rings. The van der Waals surface area contributed by atoms with E-state index in [9.17, 15) is 5.11 Å². The van der Waals surface area contributed by atoms with Crippen LogP contribution in [0.5, 0.6) is 5.75 Å². The number of nitrogens with zero attached hydrogens (tertiary/aromatic N) is 2. The fourth-order valence-electron chi connectivity index (χ4n) is 2.17. The highest BCUT2D eigenvalue weighted by molar-refractivity contribution is 5.34. The molecular weight excluding hydrogens is 276 g/mol. The molecule has 0 aliphatic rings. The van der Waals surface area contributed by atoms with Gasteiger partial charge in [-0.25, -0.2) is 0 Å². The van der Waals surface area contributed by atoms with E-state index in [2.05, 4.69) is 23.1 Å². The summed E-state index contributed by atoms with van der Waals surface area (Å²) in [6, 6.07) is 19.3. The van der Waals surface area contributed by atoms with Gasteiger partial charge in [0.1, 0.15) is 12.4 Å². The van der Waals surface area contributed by atoms with Crippen molar-refractivity contribution in [3.63, 3.8) is 0 Å². The van der Waals surface area contributed by atoms with Crippen LogP contribution >= 0.6 is 0 Å². The molecule has 22 heavy (non-hydrogen) atoms. The van der Waals surface area contributed by atoms with Crippen LogP contribution in [0.1, 0.15) is 11.1 Å². The molecule has 0 spiro atoms. The van der Waals surface area contributed by atoms with Gasteiger partial charge in [0.15, 0.2) is 0 Å². The first-order valence-electron chi connectivity index (χ1n) is 7.32. The molecular formula is C18H20N2O2.